The first kappa shape index (κ1) is 15.7. The summed E-state index contributed by atoms with van der Waals surface area (Å²) >= 11 is 6.15. The minimum atomic E-state index is 0.809. The number of piperidine rings is 1. The second-order valence-corrected chi connectivity index (χ2v) is 6.56. The van der Waals surface area contributed by atoms with E-state index in [9.17, 15) is 0 Å². The van der Waals surface area contributed by atoms with Crippen LogP contribution in [0.2, 0.25) is 5.02 Å². The summed E-state index contributed by atoms with van der Waals surface area (Å²) in [6, 6.07) is 6.31. The molecule has 1 saturated heterocycles. The Kier molecular flexibility index (Phi) is 5.74. The highest BCUT2D eigenvalue weighted by Gasteiger charge is 2.22. The van der Waals surface area contributed by atoms with Gasteiger partial charge in [0.2, 0.25) is 0 Å². The smallest absolute Gasteiger partial charge is 0.0412 e. The molecule has 3 heteroatoms. The molecular weight excluding hydrogens is 268 g/mol. The molecule has 0 bridgehead atoms. The van der Waals surface area contributed by atoms with Gasteiger partial charge in [-0.05, 0) is 55.0 Å². The zero-order valence-electron chi connectivity index (χ0n) is 13.0. The molecule has 0 aliphatic carbocycles. The molecule has 2 nitrogen and oxygen atoms in total. The highest BCUT2D eigenvalue weighted by Crippen LogP contribution is 2.31. The van der Waals surface area contributed by atoms with E-state index in [-0.39, 0.29) is 0 Å². The number of nitrogens with zero attached hydrogens (tertiary/aromatic N) is 1. The van der Waals surface area contributed by atoms with E-state index in [1.165, 1.54) is 37.2 Å². The summed E-state index contributed by atoms with van der Waals surface area (Å²) in [5, 5.41) is 4.25. The molecule has 2 rings (SSSR count). The maximum Gasteiger partial charge on any atom is 0.0412 e. The van der Waals surface area contributed by atoms with Crippen LogP contribution in [-0.2, 0) is 6.54 Å². The van der Waals surface area contributed by atoms with Crippen LogP contribution in [0.1, 0.15) is 39.2 Å². The number of hydrogen-bond acceptors (Lipinski definition) is 2. The van der Waals surface area contributed by atoms with Crippen LogP contribution in [0, 0.1) is 11.8 Å². The van der Waals surface area contributed by atoms with E-state index in [1.807, 2.05) is 6.07 Å². The minimum absolute atomic E-state index is 0.809. The number of halogens is 1. The molecule has 1 fully saturated rings. The molecule has 0 saturated carbocycles. The van der Waals surface area contributed by atoms with Gasteiger partial charge in [0.15, 0.2) is 0 Å². The lowest BCUT2D eigenvalue weighted by molar-refractivity contribution is 0.311. The summed E-state index contributed by atoms with van der Waals surface area (Å²) in [6.45, 7) is 11.1. The number of anilines is 1. The maximum absolute atomic E-state index is 6.15. The first-order valence-electron chi connectivity index (χ1n) is 7.86. The van der Waals surface area contributed by atoms with Crippen LogP contribution in [0.25, 0.3) is 0 Å². The van der Waals surface area contributed by atoms with E-state index >= 15 is 0 Å². The lowest BCUT2D eigenvalue weighted by Crippen LogP contribution is -2.36. The standard InChI is InChI=1S/C17H27ClN2/c1-4-19-12-15-11-16(18)5-6-17(15)20-9-7-14(8-10-20)13(2)3/h5-6,11,13-14,19H,4,7-10,12H2,1-3H3. The van der Waals surface area contributed by atoms with Gasteiger partial charge in [-0.15, -0.1) is 0 Å². The van der Waals surface area contributed by atoms with Crippen molar-refractivity contribution < 1.29 is 0 Å². The lowest BCUT2D eigenvalue weighted by atomic mass is 9.86. The van der Waals surface area contributed by atoms with Gasteiger partial charge in [-0.3, -0.25) is 0 Å². The molecule has 1 aliphatic rings. The number of nitrogens with one attached hydrogen (secondary N) is 1. The fourth-order valence-electron chi connectivity index (χ4n) is 3.07. The fourth-order valence-corrected chi connectivity index (χ4v) is 3.27. The second kappa shape index (κ2) is 7.33. The molecule has 1 aromatic carbocycles. The maximum atomic E-state index is 6.15. The molecule has 1 heterocycles. The van der Waals surface area contributed by atoms with Gasteiger partial charge in [-0.25, -0.2) is 0 Å². The Morgan fingerprint density at radius 1 is 1.30 bits per heavy atom. The second-order valence-electron chi connectivity index (χ2n) is 6.12. The van der Waals surface area contributed by atoms with Gasteiger partial charge < -0.3 is 10.2 Å². The number of hydrogen-bond donors (Lipinski definition) is 1. The van der Waals surface area contributed by atoms with Crippen molar-refractivity contribution >= 4 is 17.3 Å². The number of rotatable bonds is 5. The van der Waals surface area contributed by atoms with Gasteiger partial charge in [-0.2, -0.15) is 0 Å². The van der Waals surface area contributed by atoms with E-state index < -0.39 is 0 Å². The lowest BCUT2D eigenvalue weighted by Gasteiger charge is -2.36. The first-order chi connectivity index (χ1) is 9.61. The molecule has 0 spiro atoms. The molecule has 20 heavy (non-hydrogen) atoms. The zero-order valence-corrected chi connectivity index (χ0v) is 13.7. The predicted octanol–water partition coefficient (Wildman–Crippen LogP) is 4.32. The normalized spacial score (nSPS) is 16.9. The highest BCUT2D eigenvalue weighted by molar-refractivity contribution is 6.30. The van der Waals surface area contributed by atoms with Gasteiger partial charge in [0, 0.05) is 30.3 Å². The van der Waals surface area contributed by atoms with E-state index in [4.69, 9.17) is 11.6 Å². The summed E-state index contributed by atoms with van der Waals surface area (Å²) in [7, 11) is 0. The van der Waals surface area contributed by atoms with Crippen molar-refractivity contribution in [3.63, 3.8) is 0 Å². The summed E-state index contributed by atoms with van der Waals surface area (Å²) < 4.78 is 0. The predicted molar refractivity (Wildman–Crippen MR) is 88.6 cm³/mol. The average Bonchev–Trinajstić information content (AvgIpc) is 2.45. The van der Waals surface area contributed by atoms with Crippen LogP contribution < -0.4 is 10.2 Å². The largest absolute Gasteiger partial charge is 0.371 e. The minimum Gasteiger partial charge on any atom is -0.371 e. The van der Waals surface area contributed by atoms with Crippen LogP contribution in [0.4, 0.5) is 5.69 Å². The Balaban J connectivity index is 2.08. The third-order valence-electron chi connectivity index (χ3n) is 4.43. The molecule has 0 amide bonds. The van der Waals surface area contributed by atoms with Crippen LogP contribution >= 0.6 is 11.6 Å². The Morgan fingerprint density at radius 3 is 2.60 bits per heavy atom. The van der Waals surface area contributed by atoms with Gasteiger partial charge >= 0.3 is 0 Å². The Hall–Kier alpha value is -0.730. The molecule has 0 atom stereocenters. The van der Waals surface area contributed by atoms with Crippen molar-refractivity contribution in [3.05, 3.63) is 28.8 Å². The molecule has 1 aliphatic heterocycles. The summed E-state index contributed by atoms with van der Waals surface area (Å²) in [4.78, 5) is 2.53. The molecular formula is C17H27ClN2. The fraction of sp³-hybridized carbons (Fsp3) is 0.647. The number of benzene rings is 1. The topological polar surface area (TPSA) is 15.3 Å². The highest BCUT2D eigenvalue weighted by atomic mass is 35.5. The third-order valence-corrected chi connectivity index (χ3v) is 4.67. The van der Waals surface area contributed by atoms with Crippen LogP contribution in [0.5, 0.6) is 0 Å². The van der Waals surface area contributed by atoms with E-state index in [1.54, 1.807) is 0 Å². The van der Waals surface area contributed by atoms with E-state index in [0.717, 1.165) is 29.9 Å². The quantitative estimate of drug-likeness (QED) is 0.870. The van der Waals surface area contributed by atoms with Crippen molar-refractivity contribution in [3.8, 4) is 0 Å². The SMILES string of the molecule is CCNCc1cc(Cl)ccc1N1CCC(C(C)C)CC1. The van der Waals surface area contributed by atoms with Gasteiger partial charge in [0.25, 0.3) is 0 Å². The van der Waals surface area contributed by atoms with E-state index in [2.05, 4.69) is 43.1 Å². The molecule has 1 aromatic rings. The van der Waals surface area contributed by atoms with Crippen LogP contribution in [0.15, 0.2) is 18.2 Å². The molecule has 0 aromatic heterocycles. The van der Waals surface area contributed by atoms with Crippen LogP contribution in [-0.4, -0.2) is 19.6 Å². The third kappa shape index (κ3) is 3.89. The summed E-state index contributed by atoms with van der Waals surface area (Å²) in [5.74, 6) is 1.69. The van der Waals surface area contributed by atoms with Gasteiger partial charge in [0.1, 0.15) is 0 Å². The van der Waals surface area contributed by atoms with E-state index in [0.29, 0.717) is 0 Å². The van der Waals surface area contributed by atoms with Crippen molar-refractivity contribution in [2.24, 2.45) is 11.8 Å². The molecule has 0 radical (unpaired) electrons. The van der Waals surface area contributed by atoms with Crippen molar-refractivity contribution in [2.75, 3.05) is 24.5 Å². The van der Waals surface area contributed by atoms with Crippen LogP contribution in [0.3, 0.4) is 0 Å². The van der Waals surface area contributed by atoms with Crippen molar-refractivity contribution in [1.29, 1.82) is 0 Å². The Morgan fingerprint density at radius 2 is 2.00 bits per heavy atom. The Labute approximate surface area is 128 Å². The average molecular weight is 295 g/mol. The van der Waals surface area contributed by atoms with Crippen molar-refractivity contribution in [1.82, 2.24) is 5.32 Å². The van der Waals surface area contributed by atoms with Crippen molar-refractivity contribution in [2.45, 2.75) is 40.2 Å². The summed E-state index contributed by atoms with van der Waals surface area (Å²) in [6.07, 6.45) is 2.61. The molecule has 0 unspecified atom stereocenters. The summed E-state index contributed by atoms with van der Waals surface area (Å²) in [5.41, 5.74) is 2.68. The monoisotopic (exact) mass is 294 g/mol. The first-order valence-corrected chi connectivity index (χ1v) is 8.23. The molecule has 112 valence electrons. The molecule has 1 N–H and O–H groups in total. The Bertz CT molecular complexity index is 423. The van der Waals surface area contributed by atoms with Gasteiger partial charge in [0.05, 0.1) is 0 Å². The zero-order chi connectivity index (χ0) is 14.5. The van der Waals surface area contributed by atoms with Gasteiger partial charge in [-0.1, -0.05) is 32.4 Å².